The number of benzene rings is 2. The average molecular weight is 320 g/mol. The maximum absolute atomic E-state index is 12.1. The molecule has 0 amide bonds. The maximum atomic E-state index is 12.1. The van der Waals surface area contributed by atoms with E-state index >= 15 is 0 Å². The van der Waals surface area contributed by atoms with Gasteiger partial charge < -0.3 is 9.47 Å². The highest BCUT2D eigenvalue weighted by atomic mass is 16.5. The molecule has 0 saturated heterocycles. The van der Waals surface area contributed by atoms with E-state index in [0.717, 1.165) is 16.9 Å². The molecular formula is C21H20O3. The standard InChI is InChI=1S/C21H20O3/c1-14(2)23-19-10-6-16(7-11-19)12-18-13-20(24-21(18)22)17-8-4-15(3)5-9-17/h4-14H,1-3H3/b18-12+. The zero-order valence-corrected chi connectivity index (χ0v) is 14.1. The number of ether oxygens (including phenoxy) is 2. The summed E-state index contributed by atoms with van der Waals surface area (Å²) in [6.45, 7) is 6.00. The summed E-state index contributed by atoms with van der Waals surface area (Å²) in [4.78, 5) is 12.1. The van der Waals surface area contributed by atoms with Crippen molar-refractivity contribution in [2.24, 2.45) is 0 Å². The Labute approximate surface area is 142 Å². The van der Waals surface area contributed by atoms with Crippen LogP contribution in [0.5, 0.6) is 5.75 Å². The first-order chi connectivity index (χ1) is 11.5. The van der Waals surface area contributed by atoms with Crippen LogP contribution in [0.2, 0.25) is 0 Å². The zero-order valence-electron chi connectivity index (χ0n) is 14.1. The summed E-state index contributed by atoms with van der Waals surface area (Å²) < 4.78 is 11.0. The van der Waals surface area contributed by atoms with E-state index in [1.807, 2.05) is 75.4 Å². The Morgan fingerprint density at radius 2 is 1.67 bits per heavy atom. The van der Waals surface area contributed by atoms with E-state index in [4.69, 9.17) is 9.47 Å². The van der Waals surface area contributed by atoms with Crippen LogP contribution in [0.4, 0.5) is 0 Å². The average Bonchev–Trinajstić information content (AvgIpc) is 2.90. The third-order valence-corrected chi connectivity index (χ3v) is 3.64. The van der Waals surface area contributed by atoms with Crippen molar-refractivity contribution in [2.45, 2.75) is 26.9 Å². The number of aryl methyl sites for hydroxylation is 1. The van der Waals surface area contributed by atoms with Gasteiger partial charge in [-0.25, -0.2) is 4.79 Å². The number of hydrogen-bond acceptors (Lipinski definition) is 3. The highest BCUT2D eigenvalue weighted by Crippen LogP contribution is 2.28. The molecule has 2 aromatic rings. The van der Waals surface area contributed by atoms with Crippen LogP contribution in [-0.2, 0) is 9.53 Å². The van der Waals surface area contributed by atoms with Gasteiger partial charge in [-0.2, -0.15) is 0 Å². The Balaban J connectivity index is 1.81. The van der Waals surface area contributed by atoms with Crippen LogP contribution in [0.15, 0.2) is 60.2 Å². The van der Waals surface area contributed by atoms with Crippen LogP contribution in [-0.4, -0.2) is 12.1 Å². The van der Waals surface area contributed by atoms with Gasteiger partial charge in [-0.3, -0.25) is 0 Å². The van der Waals surface area contributed by atoms with Gasteiger partial charge in [-0.05, 0) is 50.6 Å². The van der Waals surface area contributed by atoms with E-state index in [1.54, 1.807) is 6.08 Å². The third-order valence-electron chi connectivity index (χ3n) is 3.64. The van der Waals surface area contributed by atoms with E-state index < -0.39 is 0 Å². The van der Waals surface area contributed by atoms with Gasteiger partial charge in [-0.1, -0.05) is 42.0 Å². The molecule has 0 atom stereocenters. The van der Waals surface area contributed by atoms with E-state index in [-0.39, 0.29) is 12.1 Å². The summed E-state index contributed by atoms with van der Waals surface area (Å²) in [6, 6.07) is 15.6. The molecule has 3 nitrogen and oxygen atoms in total. The minimum atomic E-state index is -0.326. The summed E-state index contributed by atoms with van der Waals surface area (Å²) in [6.07, 6.45) is 3.74. The highest BCUT2D eigenvalue weighted by molar-refractivity contribution is 6.05. The molecule has 0 bridgehead atoms. The SMILES string of the molecule is Cc1ccc(C2=C/C(=C\c3ccc(OC(C)C)cc3)C(=O)O2)cc1. The molecule has 0 fully saturated rings. The van der Waals surface area contributed by atoms with Crippen molar-refractivity contribution in [1.82, 2.24) is 0 Å². The molecule has 1 aliphatic heterocycles. The topological polar surface area (TPSA) is 35.5 Å². The molecule has 3 heteroatoms. The fraction of sp³-hybridized carbons (Fsp3) is 0.190. The predicted molar refractivity (Wildman–Crippen MR) is 95.4 cm³/mol. The molecule has 0 N–H and O–H groups in total. The van der Waals surface area contributed by atoms with Crippen LogP contribution in [0.25, 0.3) is 11.8 Å². The molecule has 0 saturated carbocycles. The molecule has 0 aliphatic carbocycles. The molecule has 1 heterocycles. The minimum Gasteiger partial charge on any atom is -0.491 e. The Hall–Kier alpha value is -2.81. The molecule has 24 heavy (non-hydrogen) atoms. The van der Waals surface area contributed by atoms with E-state index in [9.17, 15) is 4.79 Å². The van der Waals surface area contributed by atoms with Crippen molar-refractivity contribution in [2.75, 3.05) is 0 Å². The van der Waals surface area contributed by atoms with Crippen molar-refractivity contribution < 1.29 is 14.3 Å². The Morgan fingerprint density at radius 3 is 2.29 bits per heavy atom. The quantitative estimate of drug-likeness (QED) is 0.601. The number of rotatable bonds is 4. The summed E-state index contributed by atoms with van der Waals surface area (Å²) >= 11 is 0. The second-order valence-corrected chi connectivity index (χ2v) is 6.10. The van der Waals surface area contributed by atoms with E-state index in [1.165, 1.54) is 5.56 Å². The smallest absolute Gasteiger partial charge is 0.343 e. The lowest BCUT2D eigenvalue weighted by Gasteiger charge is -2.09. The van der Waals surface area contributed by atoms with Crippen molar-refractivity contribution in [3.63, 3.8) is 0 Å². The molecule has 2 aromatic carbocycles. The van der Waals surface area contributed by atoms with Gasteiger partial charge in [0, 0.05) is 5.56 Å². The van der Waals surface area contributed by atoms with Crippen LogP contribution in [0.3, 0.4) is 0 Å². The number of esters is 1. The monoisotopic (exact) mass is 320 g/mol. The molecule has 0 unspecified atom stereocenters. The van der Waals surface area contributed by atoms with Gasteiger partial charge >= 0.3 is 5.97 Å². The number of cyclic esters (lactones) is 1. The molecular weight excluding hydrogens is 300 g/mol. The maximum Gasteiger partial charge on any atom is 0.343 e. The first kappa shape index (κ1) is 16.1. The van der Waals surface area contributed by atoms with Crippen LogP contribution in [0, 0.1) is 6.92 Å². The van der Waals surface area contributed by atoms with Crippen LogP contribution < -0.4 is 4.74 Å². The van der Waals surface area contributed by atoms with Gasteiger partial charge in [-0.15, -0.1) is 0 Å². The Morgan fingerprint density at radius 1 is 1.00 bits per heavy atom. The predicted octanol–water partition coefficient (Wildman–Crippen LogP) is 4.76. The lowest BCUT2D eigenvalue weighted by molar-refractivity contribution is -0.130. The van der Waals surface area contributed by atoms with Gasteiger partial charge in [0.15, 0.2) is 0 Å². The fourth-order valence-corrected chi connectivity index (χ4v) is 2.44. The molecule has 122 valence electrons. The summed E-state index contributed by atoms with van der Waals surface area (Å²) in [5, 5.41) is 0. The van der Waals surface area contributed by atoms with Gasteiger partial charge in [0.25, 0.3) is 0 Å². The summed E-state index contributed by atoms with van der Waals surface area (Å²) in [7, 11) is 0. The normalized spacial score (nSPS) is 15.6. The van der Waals surface area contributed by atoms with Crippen molar-refractivity contribution >= 4 is 17.8 Å². The van der Waals surface area contributed by atoms with Crippen molar-refractivity contribution in [3.8, 4) is 5.75 Å². The van der Waals surface area contributed by atoms with Crippen molar-refractivity contribution in [1.29, 1.82) is 0 Å². The van der Waals surface area contributed by atoms with Gasteiger partial charge in [0.1, 0.15) is 11.5 Å². The number of carbonyl (C=O) groups is 1. The lowest BCUT2D eigenvalue weighted by atomic mass is 10.1. The van der Waals surface area contributed by atoms with E-state index in [2.05, 4.69) is 0 Å². The van der Waals surface area contributed by atoms with Crippen molar-refractivity contribution in [3.05, 3.63) is 76.9 Å². The van der Waals surface area contributed by atoms with Crippen LogP contribution >= 0.6 is 0 Å². The molecule has 0 radical (unpaired) electrons. The number of hydrogen-bond donors (Lipinski definition) is 0. The Kier molecular flexibility index (Phi) is 4.52. The largest absolute Gasteiger partial charge is 0.491 e. The lowest BCUT2D eigenvalue weighted by Crippen LogP contribution is -2.05. The molecule has 0 spiro atoms. The molecule has 0 aromatic heterocycles. The van der Waals surface area contributed by atoms with E-state index in [0.29, 0.717) is 11.3 Å². The second-order valence-electron chi connectivity index (χ2n) is 6.10. The fourth-order valence-electron chi connectivity index (χ4n) is 2.44. The third kappa shape index (κ3) is 3.74. The highest BCUT2D eigenvalue weighted by Gasteiger charge is 2.21. The Bertz CT molecular complexity index is 794. The second kappa shape index (κ2) is 6.75. The molecule has 1 aliphatic rings. The van der Waals surface area contributed by atoms with Crippen LogP contribution in [0.1, 0.15) is 30.5 Å². The summed E-state index contributed by atoms with van der Waals surface area (Å²) in [5.74, 6) is 1.08. The summed E-state index contributed by atoms with van der Waals surface area (Å²) in [5.41, 5.74) is 3.55. The minimum absolute atomic E-state index is 0.138. The number of carbonyl (C=O) groups excluding carboxylic acids is 1. The van der Waals surface area contributed by atoms with Gasteiger partial charge in [0.2, 0.25) is 0 Å². The molecule has 3 rings (SSSR count). The zero-order chi connectivity index (χ0) is 17.1. The van der Waals surface area contributed by atoms with Gasteiger partial charge in [0.05, 0.1) is 11.7 Å². The first-order valence-electron chi connectivity index (χ1n) is 8.00. The first-order valence-corrected chi connectivity index (χ1v) is 8.00.